The van der Waals surface area contributed by atoms with Crippen molar-refractivity contribution in [2.24, 2.45) is 11.8 Å². The molecule has 0 bridgehead atoms. The third-order valence-corrected chi connectivity index (χ3v) is 11.2. The highest BCUT2D eigenvalue weighted by atomic mass is 32.2. The quantitative estimate of drug-likeness (QED) is 0.0723. The van der Waals surface area contributed by atoms with Crippen molar-refractivity contribution in [3.05, 3.63) is 42.5 Å². The van der Waals surface area contributed by atoms with E-state index in [2.05, 4.69) is 57.7 Å². The third kappa shape index (κ3) is 23.4. The van der Waals surface area contributed by atoms with E-state index in [0.717, 1.165) is 17.2 Å². The molecule has 1 N–H and O–H groups in total. The Morgan fingerprint density at radius 3 is 1.28 bits per heavy atom. The summed E-state index contributed by atoms with van der Waals surface area (Å²) in [6.45, 7) is 15.9. The summed E-state index contributed by atoms with van der Waals surface area (Å²) < 4.78 is 31.0. The van der Waals surface area contributed by atoms with Crippen molar-refractivity contribution in [3.63, 3.8) is 0 Å². The molecule has 2 aromatic rings. The summed E-state index contributed by atoms with van der Waals surface area (Å²) in [6, 6.07) is 11.8. The van der Waals surface area contributed by atoms with Gasteiger partial charge in [-0.15, -0.1) is 9.24 Å². The first-order valence-corrected chi connectivity index (χ1v) is 21.2. The highest BCUT2D eigenvalue weighted by Gasteiger charge is 2.23. The van der Waals surface area contributed by atoms with Gasteiger partial charge in [-0.3, -0.25) is 4.55 Å². The van der Waals surface area contributed by atoms with Crippen LogP contribution in [0.1, 0.15) is 183 Å². The summed E-state index contributed by atoms with van der Waals surface area (Å²) >= 11 is 0. The smallest absolute Gasteiger partial charge is 0.282 e. The second kappa shape index (κ2) is 27.9. The summed E-state index contributed by atoms with van der Waals surface area (Å²) in [6.07, 6.45) is 30.2. The molecule has 0 aromatic heterocycles. The molecule has 0 fully saturated rings. The zero-order valence-corrected chi connectivity index (χ0v) is 33.3. The minimum Gasteiger partial charge on any atom is -0.282 e. The van der Waals surface area contributed by atoms with Crippen LogP contribution in [-0.4, -0.2) is 18.1 Å². The van der Waals surface area contributed by atoms with Gasteiger partial charge in [0.1, 0.15) is 4.90 Å². The van der Waals surface area contributed by atoms with Crippen LogP contribution in [0.3, 0.4) is 0 Å². The summed E-state index contributed by atoms with van der Waals surface area (Å²) in [7, 11) is -0.791. The van der Waals surface area contributed by atoms with Crippen LogP contribution in [0.2, 0.25) is 0 Å². The number of unbranched alkanes of at least 4 members (excludes halogenated alkanes) is 15. The predicted molar refractivity (Wildman–Crippen MR) is 210 cm³/mol. The average molecular weight is 679 g/mol. The van der Waals surface area contributed by atoms with E-state index in [1.165, 1.54) is 141 Å². The van der Waals surface area contributed by atoms with Crippen molar-refractivity contribution in [2.45, 2.75) is 193 Å². The molecular formula is C41H75O3PS. The molecular weight excluding hydrogens is 603 g/mol. The normalized spacial score (nSPS) is 11.8. The summed E-state index contributed by atoms with van der Waals surface area (Å²) in [5.41, 5.74) is 0. The van der Waals surface area contributed by atoms with Gasteiger partial charge in [0.05, 0.1) is 0 Å². The second-order valence-corrected chi connectivity index (χ2v) is 17.0. The van der Waals surface area contributed by atoms with Gasteiger partial charge >= 0.3 is 0 Å². The van der Waals surface area contributed by atoms with Crippen LogP contribution < -0.4 is 0 Å². The average Bonchev–Trinajstić information content (AvgIpc) is 3.02. The van der Waals surface area contributed by atoms with Gasteiger partial charge in [0.15, 0.2) is 0 Å². The number of rotatable bonds is 23. The van der Waals surface area contributed by atoms with Gasteiger partial charge in [-0.05, 0) is 47.7 Å². The Morgan fingerprint density at radius 2 is 0.913 bits per heavy atom. The molecule has 0 amide bonds. The van der Waals surface area contributed by atoms with Crippen LogP contribution in [0.4, 0.5) is 0 Å². The minimum atomic E-state index is -4.13. The zero-order chi connectivity index (χ0) is 34.7. The van der Waals surface area contributed by atoms with Gasteiger partial charge in [0.25, 0.3) is 10.1 Å². The van der Waals surface area contributed by atoms with E-state index in [1.807, 2.05) is 6.07 Å². The van der Waals surface area contributed by atoms with Gasteiger partial charge in [-0.2, -0.15) is 8.42 Å². The SMILES string of the molecule is CC(C)C(C)C.CCCCCCCCC(P)(CCCCCCCC)CCCCCCCC.O=S(=O)(O)c1cccc2ccccc12. The monoisotopic (exact) mass is 679 g/mol. The van der Waals surface area contributed by atoms with Crippen LogP contribution in [-0.2, 0) is 10.1 Å². The first-order chi connectivity index (χ1) is 21.9. The van der Waals surface area contributed by atoms with Crippen LogP contribution in [0.5, 0.6) is 0 Å². The molecule has 268 valence electrons. The lowest BCUT2D eigenvalue weighted by Gasteiger charge is -2.30. The first kappa shape index (κ1) is 45.0. The van der Waals surface area contributed by atoms with Crippen molar-refractivity contribution >= 4 is 30.1 Å². The summed E-state index contributed by atoms with van der Waals surface area (Å²) in [4.78, 5) is -0.0457. The molecule has 0 saturated heterocycles. The Morgan fingerprint density at radius 1 is 0.565 bits per heavy atom. The molecule has 0 aliphatic rings. The topological polar surface area (TPSA) is 54.4 Å². The lowest BCUT2D eigenvalue weighted by molar-refractivity contribution is 0.402. The lowest BCUT2D eigenvalue weighted by atomic mass is 9.88. The van der Waals surface area contributed by atoms with E-state index < -0.39 is 10.1 Å². The van der Waals surface area contributed by atoms with Crippen molar-refractivity contribution in [1.82, 2.24) is 0 Å². The zero-order valence-electron chi connectivity index (χ0n) is 31.3. The van der Waals surface area contributed by atoms with Gasteiger partial charge in [-0.25, -0.2) is 0 Å². The lowest BCUT2D eigenvalue weighted by Crippen LogP contribution is -2.20. The third-order valence-electron chi connectivity index (χ3n) is 9.45. The number of fused-ring (bicyclic) bond motifs is 1. The van der Waals surface area contributed by atoms with E-state index in [-0.39, 0.29) is 4.90 Å². The molecule has 2 rings (SSSR count). The molecule has 1 unspecified atom stereocenters. The fourth-order valence-electron chi connectivity index (χ4n) is 5.57. The molecule has 46 heavy (non-hydrogen) atoms. The Hall–Kier alpha value is -0.960. The molecule has 0 spiro atoms. The molecule has 0 heterocycles. The van der Waals surface area contributed by atoms with Crippen molar-refractivity contribution in [1.29, 1.82) is 0 Å². The maximum Gasteiger partial charge on any atom is 0.295 e. The highest BCUT2D eigenvalue weighted by Crippen LogP contribution is 2.37. The predicted octanol–water partition coefficient (Wildman–Crippen LogP) is 14.2. The van der Waals surface area contributed by atoms with Crippen LogP contribution in [0.15, 0.2) is 47.4 Å². The van der Waals surface area contributed by atoms with E-state index >= 15 is 0 Å². The number of hydrogen-bond acceptors (Lipinski definition) is 2. The van der Waals surface area contributed by atoms with Gasteiger partial charge in [-0.1, -0.05) is 200 Å². The van der Waals surface area contributed by atoms with E-state index in [4.69, 9.17) is 4.55 Å². The standard InChI is InChI=1S/C25H53P.C10H8O3S.C6H14/c1-4-7-10-13-16-19-22-25(26,23-20-17-14-11-8-5-2)24-21-18-15-12-9-6-3;11-14(12,13)10-7-3-5-8-4-1-2-6-9(8)10;1-5(2)6(3)4/h4-24,26H2,1-3H3;1-7H,(H,11,12,13);5-6H,1-4H3. The maximum atomic E-state index is 11.0. The summed E-state index contributed by atoms with van der Waals surface area (Å²) in [5, 5.41) is 1.89. The second-order valence-electron chi connectivity index (χ2n) is 14.4. The fraction of sp³-hybridized carbons (Fsp3) is 0.756. The van der Waals surface area contributed by atoms with Crippen molar-refractivity contribution in [3.8, 4) is 0 Å². The Kier molecular flexibility index (Phi) is 27.4. The highest BCUT2D eigenvalue weighted by molar-refractivity contribution is 7.86. The van der Waals surface area contributed by atoms with Crippen molar-refractivity contribution in [2.75, 3.05) is 0 Å². The molecule has 5 heteroatoms. The molecule has 2 aromatic carbocycles. The van der Waals surface area contributed by atoms with Crippen LogP contribution >= 0.6 is 9.24 Å². The molecule has 1 atom stereocenters. The first-order valence-electron chi connectivity index (χ1n) is 19.2. The van der Waals surface area contributed by atoms with Crippen LogP contribution in [0, 0.1) is 11.8 Å². The Labute approximate surface area is 289 Å². The maximum absolute atomic E-state index is 11.0. The fourth-order valence-corrected chi connectivity index (χ4v) is 6.89. The molecule has 0 radical (unpaired) electrons. The van der Waals surface area contributed by atoms with Gasteiger partial charge in [0, 0.05) is 5.39 Å². The number of benzene rings is 2. The molecule has 0 saturated carbocycles. The largest absolute Gasteiger partial charge is 0.295 e. The van der Waals surface area contributed by atoms with E-state index in [0.29, 0.717) is 10.5 Å². The Bertz CT molecular complexity index is 1030. The van der Waals surface area contributed by atoms with Gasteiger partial charge in [0.2, 0.25) is 0 Å². The van der Waals surface area contributed by atoms with Gasteiger partial charge < -0.3 is 0 Å². The molecule has 0 aliphatic heterocycles. The van der Waals surface area contributed by atoms with Crippen molar-refractivity contribution < 1.29 is 13.0 Å². The summed E-state index contributed by atoms with van der Waals surface area (Å²) in [5.74, 6) is 1.70. The van der Waals surface area contributed by atoms with E-state index in [1.54, 1.807) is 30.3 Å². The Balaban J connectivity index is 0.000000830. The molecule has 0 aliphatic carbocycles. The minimum absolute atomic E-state index is 0.0457. The van der Waals surface area contributed by atoms with E-state index in [9.17, 15) is 8.42 Å². The number of hydrogen-bond donors (Lipinski definition) is 1. The van der Waals surface area contributed by atoms with Crippen LogP contribution in [0.25, 0.3) is 10.8 Å². The molecule has 3 nitrogen and oxygen atoms in total.